The Morgan fingerprint density at radius 1 is 1.31 bits per heavy atom. The molecule has 0 aromatic carbocycles. The van der Waals surface area contributed by atoms with Gasteiger partial charge in [0.2, 0.25) is 11.8 Å². The number of carbonyl (C=O) groups excluding carboxylic acids is 1. The Balaban J connectivity index is 1.60. The molecule has 1 aliphatic rings. The highest BCUT2D eigenvalue weighted by molar-refractivity contribution is 7.17. The predicted molar refractivity (Wildman–Crippen MR) is 107 cm³/mol. The number of hydrogen-bond donors (Lipinski definition) is 2. The van der Waals surface area contributed by atoms with Crippen molar-refractivity contribution in [3.8, 4) is 22.8 Å². The molecule has 4 heterocycles. The zero-order valence-electron chi connectivity index (χ0n) is 15.5. The molecule has 1 aliphatic carbocycles. The van der Waals surface area contributed by atoms with Crippen molar-refractivity contribution in [2.45, 2.75) is 12.6 Å². The summed E-state index contributed by atoms with van der Waals surface area (Å²) in [6.07, 6.45) is 1.01. The van der Waals surface area contributed by atoms with Crippen molar-refractivity contribution < 1.29 is 18.7 Å². The first-order valence-corrected chi connectivity index (χ1v) is 9.77. The monoisotopic (exact) mass is 413 g/mol. The van der Waals surface area contributed by atoms with Gasteiger partial charge in [0.25, 0.3) is 0 Å². The van der Waals surface area contributed by atoms with Crippen LogP contribution in [-0.2, 0) is 4.79 Å². The molecular weight excluding hydrogens is 397 g/mol. The van der Waals surface area contributed by atoms with Crippen LogP contribution in [0.4, 0.5) is 10.2 Å². The van der Waals surface area contributed by atoms with Gasteiger partial charge < -0.3 is 19.8 Å². The number of anilines is 1. The number of methoxy groups -OCH3 is 2. The summed E-state index contributed by atoms with van der Waals surface area (Å²) < 4.78 is 25.1. The Labute approximate surface area is 168 Å². The molecule has 5 rings (SSSR count). The Morgan fingerprint density at radius 3 is 2.86 bits per heavy atom. The van der Waals surface area contributed by atoms with Gasteiger partial charge in [0.05, 0.1) is 31.2 Å². The van der Waals surface area contributed by atoms with Crippen molar-refractivity contribution >= 4 is 44.4 Å². The van der Waals surface area contributed by atoms with E-state index in [9.17, 15) is 9.18 Å². The van der Waals surface area contributed by atoms with Gasteiger partial charge in [-0.25, -0.2) is 14.4 Å². The Bertz CT molecular complexity index is 1250. The molecule has 1 amide bonds. The maximum absolute atomic E-state index is 13.1. The van der Waals surface area contributed by atoms with E-state index in [-0.39, 0.29) is 12.3 Å². The van der Waals surface area contributed by atoms with Crippen LogP contribution in [0.5, 0.6) is 11.6 Å². The third kappa shape index (κ3) is 2.87. The number of halogens is 1. The van der Waals surface area contributed by atoms with E-state index in [4.69, 9.17) is 9.47 Å². The number of aromatic amines is 1. The number of rotatable bonds is 5. The fourth-order valence-corrected chi connectivity index (χ4v) is 4.11. The van der Waals surface area contributed by atoms with E-state index < -0.39 is 12.1 Å². The van der Waals surface area contributed by atoms with Crippen LogP contribution in [0.15, 0.2) is 23.8 Å². The van der Waals surface area contributed by atoms with Gasteiger partial charge in [0, 0.05) is 17.1 Å². The van der Waals surface area contributed by atoms with Gasteiger partial charge in [-0.3, -0.25) is 4.79 Å². The number of thiazole rings is 1. The summed E-state index contributed by atoms with van der Waals surface area (Å²) in [7, 11) is 3.13. The van der Waals surface area contributed by atoms with Crippen LogP contribution in [0.1, 0.15) is 6.42 Å². The van der Waals surface area contributed by atoms with E-state index in [0.717, 1.165) is 15.6 Å². The number of pyridine rings is 2. The van der Waals surface area contributed by atoms with E-state index in [0.29, 0.717) is 34.3 Å². The van der Waals surface area contributed by atoms with Gasteiger partial charge in [-0.1, -0.05) is 0 Å². The highest BCUT2D eigenvalue weighted by Gasteiger charge is 2.43. The molecule has 0 spiro atoms. The Hall–Kier alpha value is -3.27. The molecule has 2 unspecified atom stereocenters. The standard InChI is InChI=1S/C19H16FN5O3S/c1-27-14-13(19(28-2)25-17-15(14)29-7-22-17)10-6-21-16-8(10)3-4-12(23-16)24-18(26)9-5-11(9)20/h3-4,6-7,9,11H,5H2,1-2H3,(H2,21,23,24,26). The first-order chi connectivity index (χ1) is 14.1. The van der Waals surface area contributed by atoms with Gasteiger partial charge >= 0.3 is 0 Å². The quantitative estimate of drug-likeness (QED) is 0.519. The molecule has 0 radical (unpaired) electrons. The molecule has 2 N–H and O–H groups in total. The van der Waals surface area contributed by atoms with Crippen molar-refractivity contribution in [1.82, 2.24) is 19.9 Å². The molecule has 0 bridgehead atoms. The van der Waals surface area contributed by atoms with Gasteiger partial charge in [0.1, 0.15) is 22.3 Å². The molecule has 4 aromatic rings. The minimum atomic E-state index is -1.05. The number of amides is 1. The number of nitrogens with zero attached hydrogens (tertiary/aromatic N) is 3. The van der Waals surface area contributed by atoms with Crippen molar-refractivity contribution in [3.05, 3.63) is 23.8 Å². The van der Waals surface area contributed by atoms with Crippen LogP contribution in [0, 0.1) is 5.92 Å². The van der Waals surface area contributed by atoms with Crippen LogP contribution in [0.2, 0.25) is 0 Å². The van der Waals surface area contributed by atoms with Crippen molar-refractivity contribution in [1.29, 1.82) is 0 Å². The van der Waals surface area contributed by atoms with Gasteiger partial charge in [-0.05, 0) is 18.6 Å². The van der Waals surface area contributed by atoms with E-state index in [2.05, 4.69) is 25.3 Å². The second kappa shape index (κ2) is 6.66. The maximum Gasteiger partial charge on any atom is 0.231 e. The normalized spacial score (nSPS) is 18.2. The van der Waals surface area contributed by atoms with E-state index >= 15 is 0 Å². The molecule has 4 aromatic heterocycles. The van der Waals surface area contributed by atoms with Crippen LogP contribution in [0.25, 0.3) is 32.5 Å². The molecule has 148 valence electrons. The summed E-state index contributed by atoms with van der Waals surface area (Å²) in [5.41, 5.74) is 4.32. The molecule has 1 fully saturated rings. The van der Waals surface area contributed by atoms with E-state index in [1.165, 1.54) is 11.3 Å². The predicted octanol–water partition coefficient (Wildman–Crippen LogP) is 3.55. The lowest BCUT2D eigenvalue weighted by Crippen LogP contribution is -2.15. The summed E-state index contributed by atoms with van der Waals surface area (Å²) >= 11 is 1.43. The lowest BCUT2D eigenvalue weighted by Gasteiger charge is -2.12. The Morgan fingerprint density at radius 2 is 2.14 bits per heavy atom. The number of H-pyrrole nitrogens is 1. The number of alkyl halides is 1. The zero-order chi connectivity index (χ0) is 20.1. The molecule has 2 atom stereocenters. The van der Waals surface area contributed by atoms with Crippen molar-refractivity contribution in [2.24, 2.45) is 5.92 Å². The van der Waals surface area contributed by atoms with Crippen molar-refractivity contribution in [2.75, 3.05) is 19.5 Å². The summed E-state index contributed by atoms with van der Waals surface area (Å²) in [4.78, 5) is 28.2. The van der Waals surface area contributed by atoms with Gasteiger partial charge in [0.15, 0.2) is 11.4 Å². The molecular formula is C19H16FN5O3S. The fraction of sp³-hybridized carbons (Fsp3) is 0.263. The number of aromatic nitrogens is 4. The topological polar surface area (TPSA) is 102 Å². The fourth-order valence-electron chi connectivity index (χ4n) is 3.35. The van der Waals surface area contributed by atoms with Crippen LogP contribution in [-0.4, -0.2) is 46.2 Å². The molecule has 29 heavy (non-hydrogen) atoms. The minimum Gasteiger partial charge on any atom is -0.494 e. The first kappa shape index (κ1) is 17.8. The summed E-state index contributed by atoms with van der Waals surface area (Å²) in [6.45, 7) is 0. The second-order valence-corrected chi connectivity index (χ2v) is 7.53. The third-order valence-electron chi connectivity index (χ3n) is 4.91. The van der Waals surface area contributed by atoms with E-state index in [1.807, 2.05) is 6.07 Å². The smallest absolute Gasteiger partial charge is 0.231 e. The number of hydrogen-bond acceptors (Lipinski definition) is 7. The second-order valence-electron chi connectivity index (χ2n) is 6.68. The minimum absolute atomic E-state index is 0.271. The highest BCUT2D eigenvalue weighted by atomic mass is 32.1. The lowest BCUT2D eigenvalue weighted by molar-refractivity contribution is -0.117. The van der Waals surface area contributed by atoms with E-state index in [1.54, 1.807) is 32.0 Å². The van der Waals surface area contributed by atoms with Crippen LogP contribution in [0.3, 0.4) is 0 Å². The van der Waals surface area contributed by atoms with Crippen molar-refractivity contribution in [3.63, 3.8) is 0 Å². The lowest BCUT2D eigenvalue weighted by atomic mass is 10.1. The largest absolute Gasteiger partial charge is 0.494 e. The summed E-state index contributed by atoms with van der Waals surface area (Å²) in [5.74, 6) is 0.457. The molecule has 0 saturated heterocycles. The molecule has 1 saturated carbocycles. The van der Waals surface area contributed by atoms with Gasteiger partial charge in [-0.15, -0.1) is 11.3 Å². The highest BCUT2D eigenvalue weighted by Crippen LogP contribution is 2.45. The SMILES string of the molecule is COc1nc2ncsc2c(OC)c1-c1c[nH]c2nc(NC(=O)C3CC3F)ccc12. The molecule has 10 heteroatoms. The zero-order valence-corrected chi connectivity index (χ0v) is 16.3. The average Bonchev–Trinajstić information content (AvgIpc) is 3.11. The molecule has 8 nitrogen and oxygen atoms in total. The molecule has 0 aliphatic heterocycles. The number of carbonyl (C=O) groups is 1. The summed E-state index contributed by atoms with van der Waals surface area (Å²) in [6, 6.07) is 3.52. The van der Waals surface area contributed by atoms with Gasteiger partial charge in [-0.2, -0.15) is 4.98 Å². The number of nitrogens with one attached hydrogen (secondary N) is 2. The summed E-state index contributed by atoms with van der Waals surface area (Å²) in [5, 5.41) is 3.47. The van der Waals surface area contributed by atoms with Crippen LogP contribution >= 0.6 is 11.3 Å². The maximum atomic E-state index is 13.1. The number of ether oxygens (including phenoxy) is 2. The van der Waals surface area contributed by atoms with Crippen LogP contribution < -0.4 is 14.8 Å². The Kier molecular flexibility index (Phi) is 4.09. The number of fused-ring (bicyclic) bond motifs is 2. The third-order valence-corrected chi connectivity index (χ3v) is 5.72. The average molecular weight is 413 g/mol. The first-order valence-electron chi connectivity index (χ1n) is 8.89.